The highest BCUT2D eigenvalue weighted by atomic mass is 32.1. The summed E-state index contributed by atoms with van der Waals surface area (Å²) in [5, 5.41) is 3.49. The molecular formula is C23H28N6O2S. The Balaban J connectivity index is 1.41. The van der Waals surface area contributed by atoms with Crippen LogP contribution in [-0.4, -0.2) is 48.2 Å². The van der Waals surface area contributed by atoms with E-state index in [-0.39, 0.29) is 11.9 Å². The van der Waals surface area contributed by atoms with Crippen LogP contribution in [0.2, 0.25) is 0 Å². The van der Waals surface area contributed by atoms with Crippen molar-refractivity contribution in [2.75, 3.05) is 42.3 Å². The molecule has 32 heavy (non-hydrogen) atoms. The minimum absolute atomic E-state index is 0.131. The molecule has 3 aromatic heterocycles. The van der Waals surface area contributed by atoms with E-state index in [4.69, 9.17) is 16.2 Å². The molecule has 0 spiro atoms. The third kappa shape index (κ3) is 4.15. The molecule has 0 aliphatic carbocycles. The van der Waals surface area contributed by atoms with E-state index in [1.54, 1.807) is 12.4 Å². The number of thiophene rings is 1. The van der Waals surface area contributed by atoms with Crippen LogP contribution in [0, 0.1) is 0 Å². The molecule has 5 N–H and O–H groups in total. The van der Waals surface area contributed by atoms with Crippen molar-refractivity contribution < 1.29 is 9.53 Å². The smallest absolute Gasteiger partial charge is 0.260 e. The standard InChI is InChI=1S/C23H28N6O2S/c24-16-2-1-7-29(13-16)18-3-6-26-12-17(18)28-23(30)20-21-19(32-22(20)25)10-15(11-27-21)14-4-8-31-9-5-14/h3,6,10-12,14,16H,1-2,4-5,7-9,13,24-25H2,(H,28,30). The van der Waals surface area contributed by atoms with Crippen LogP contribution in [0.5, 0.6) is 0 Å². The van der Waals surface area contributed by atoms with E-state index in [1.807, 2.05) is 12.3 Å². The first-order chi connectivity index (χ1) is 15.6. The molecule has 2 fully saturated rings. The van der Waals surface area contributed by atoms with Gasteiger partial charge in [0, 0.05) is 44.7 Å². The number of anilines is 3. The highest BCUT2D eigenvalue weighted by molar-refractivity contribution is 7.23. The highest BCUT2D eigenvalue weighted by Crippen LogP contribution is 2.37. The lowest BCUT2D eigenvalue weighted by Crippen LogP contribution is -2.43. The molecule has 8 nitrogen and oxygen atoms in total. The number of nitrogen functional groups attached to an aromatic ring is 1. The largest absolute Gasteiger partial charge is 0.390 e. The van der Waals surface area contributed by atoms with Crippen molar-refractivity contribution >= 4 is 43.8 Å². The number of fused-ring (bicyclic) bond motifs is 1. The third-order valence-corrected chi connectivity index (χ3v) is 7.30. The number of amides is 1. The summed E-state index contributed by atoms with van der Waals surface area (Å²) in [4.78, 5) is 24.4. The summed E-state index contributed by atoms with van der Waals surface area (Å²) in [6.45, 7) is 3.21. The first kappa shape index (κ1) is 21.1. The molecule has 5 heterocycles. The van der Waals surface area contributed by atoms with Gasteiger partial charge in [0.15, 0.2) is 0 Å². The predicted octanol–water partition coefficient (Wildman–Crippen LogP) is 3.35. The number of aromatic nitrogens is 2. The fourth-order valence-corrected chi connectivity index (χ4v) is 5.63. The molecule has 3 aromatic rings. The van der Waals surface area contributed by atoms with Crippen LogP contribution >= 0.6 is 11.3 Å². The maximum absolute atomic E-state index is 13.3. The second kappa shape index (κ2) is 9.01. The molecule has 2 aliphatic rings. The highest BCUT2D eigenvalue weighted by Gasteiger charge is 2.24. The van der Waals surface area contributed by atoms with E-state index in [0.717, 1.165) is 62.4 Å². The quantitative estimate of drug-likeness (QED) is 0.555. The average Bonchev–Trinajstić information content (AvgIpc) is 3.15. The Morgan fingerprint density at radius 3 is 2.91 bits per heavy atom. The van der Waals surface area contributed by atoms with E-state index in [9.17, 15) is 4.79 Å². The van der Waals surface area contributed by atoms with Crippen LogP contribution in [0.4, 0.5) is 16.4 Å². The van der Waals surface area contributed by atoms with Gasteiger partial charge in [-0.05, 0) is 49.3 Å². The van der Waals surface area contributed by atoms with Crippen LogP contribution in [0.25, 0.3) is 10.2 Å². The van der Waals surface area contributed by atoms with E-state index in [1.165, 1.54) is 16.9 Å². The van der Waals surface area contributed by atoms with E-state index in [0.29, 0.717) is 27.7 Å². The van der Waals surface area contributed by atoms with Gasteiger partial charge >= 0.3 is 0 Å². The minimum Gasteiger partial charge on any atom is -0.390 e. The number of hydrogen-bond donors (Lipinski definition) is 3. The SMILES string of the molecule is Nc1sc2cc(C3CCOCC3)cnc2c1C(=O)Nc1cnccc1N1CCCC(N)C1. The topological polar surface area (TPSA) is 119 Å². The van der Waals surface area contributed by atoms with E-state index >= 15 is 0 Å². The maximum Gasteiger partial charge on any atom is 0.260 e. The number of rotatable bonds is 4. The Hall–Kier alpha value is -2.75. The van der Waals surface area contributed by atoms with Crippen molar-refractivity contribution in [1.29, 1.82) is 0 Å². The summed E-state index contributed by atoms with van der Waals surface area (Å²) < 4.78 is 6.41. The Morgan fingerprint density at radius 2 is 2.09 bits per heavy atom. The van der Waals surface area contributed by atoms with Gasteiger partial charge in [-0.15, -0.1) is 11.3 Å². The molecule has 0 aromatic carbocycles. The second-order valence-electron chi connectivity index (χ2n) is 8.54. The van der Waals surface area contributed by atoms with Gasteiger partial charge < -0.3 is 26.4 Å². The number of hydrogen-bond acceptors (Lipinski definition) is 8. The van der Waals surface area contributed by atoms with Crippen LogP contribution in [-0.2, 0) is 4.74 Å². The van der Waals surface area contributed by atoms with E-state index in [2.05, 4.69) is 26.3 Å². The Kier molecular flexibility index (Phi) is 5.95. The minimum atomic E-state index is -0.268. The zero-order valence-corrected chi connectivity index (χ0v) is 18.7. The summed E-state index contributed by atoms with van der Waals surface area (Å²) in [6.07, 6.45) is 9.32. The molecular weight excluding hydrogens is 424 g/mol. The number of nitrogens with two attached hydrogens (primary N) is 2. The lowest BCUT2D eigenvalue weighted by molar-refractivity contribution is 0.0853. The number of nitrogens with zero attached hydrogens (tertiary/aromatic N) is 3. The first-order valence-corrected chi connectivity index (χ1v) is 11.9. The molecule has 0 saturated carbocycles. The van der Waals surface area contributed by atoms with Gasteiger partial charge in [-0.25, -0.2) is 0 Å². The molecule has 2 aliphatic heterocycles. The molecule has 0 radical (unpaired) electrons. The molecule has 0 bridgehead atoms. The number of ether oxygens (including phenoxy) is 1. The average molecular weight is 453 g/mol. The van der Waals surface area contributed by atoms with Crippen molar-refractivity contribution in [3.05, 3.63) is 41.9 Å². The fraction of sp³-hybridized carbons (Fsp3) is 0.435. The van der Waals surface area contributed by atoms with E-state index < -0.39 is 0 Å². The normalized spacial score (nSPS) is 19.9. The van der Waals surface area contributed by atoms with Gasteiger partial charge in [0.2, 0.25) is 0 Å². The molecule has 2 saturated heterocycles. The van der Waals surface area contributed by atoms with Crippen molar-refractivity contribution in [3.8, 4) is 0 Å². The lowest BCUT2D eigenvalue weighted by atomic mass is 9.93. The zero-order valence-electron chi connectivity index (χ0n) is 17.9. The van der Waals surface area contributed by atoms with Gasteiger partial charge in [-0.2, -0.15) is 0 Å². The molecule has 168 valence electrons. The Morgan fingerprint density at radius 1 is 1.25 bits per heavy atom. The molecule has 1 amide bonds. The van der Waals surface area contributed by atoms with Crippen molar-refractivity contribution in [3.63, 3.8) is 0 Å². The summed E-state index contributed by atoms with van der Waals surface area (Å²) in [5.74, 6) is 0.172. The van der Waals surface area contributed by atoms with Gasteiger partial charge in [0.25, 0.3) is 5.91 Å². The third-order valence-electron chi connectivity index (χ3n) is 6.34. The molecule has 1 unspecified atom stereocenters. The van der Waals surface area contributed by atoms with Crippen LogP contribution in [0.3, 0.4) is 0 Å². The number of carbonyl (C=O) groups is 1. The predicted molar refractivity (Wildman–Crippen MR) is 128 cm³/mol. The Bertz CT molecular complexity index is 1130. The molecule has 9 heteroatoms. The van der Waals surface area contributed by atoms with Gasteiger partial charge in [-0.1, -0.05) is 0 Å². The zero-order chi connectivity index (χ0) is 22.1. The van der Waals surface area contributed by atoms with Gasteiger partial charge in [-0.3, -0.25) is 14.8 Å². The Labute approximate surface area is 191 Å². The van der Waals surface area contributed by atoms with Crippen LogP contribution in [0.1, 0.15) is 47.5 Å². The first-order valence-electron chi connectivity index (χ1n) is 11.1. The number of carbonyl (C=O) groups excluding carboxylic acids is 1. The summed E-state index contributed by atoms with van der Waals surface area (Å²) >= 11 is 1.41. The van der Waals surface area contributed by atoms with Crippen molar-refractivity contribution in [2.45, 2.75) is 37.6 Å². The van der Waals surface area contributed by atoms with Gasteiger partial charge in [0.05, 0.1) is 27.8 Å². The monoisotopic (exact) mass is 452 g/mol. The summed E-state index contributed by atoms with van der Waals surface area (Å²) in [5.41, 5.74) is 16.3. The van der Waals surface area contributed by atoms with Crippen LogP contribution in [0.15, 0.2) is 30.7 Å². The van der Waals surface area contributed by atoms with Gasteiger partial charge in [0.1, 0.15) is 10.6 Å². The van der Waals surface area contributed by atoms with Crippen molar-refractivity contribution in [2.24, 2.45) is 5.73 Å². The number of pyridine rings is 2. The lowest BCUT2D eigenvalue weighted by Gasteiger charge is -2.33. The second-order valence-corrected chi connectivity index (χ2v) is 9.62. The fourth-order valence-electron chi connectivity index (χ4n) is 4.66. The summed E-state index contributed by atoms with van der Waals surface area (Å²) in [6, 6.07) is 4.17. The molecule has 1 atom stereocenters. The summed E-state index contributed by atoms with van der Waals surface area (Å²) in [7, 11) is 0. The maximum atomic E-state index is 13.3. The van der Waals surface area contributed by atoms with Crippen LogP contribution < -0.4 is 21.7 Å². The number of nitrogens with one attached hydrogen (secondary N) is 1. The van der Waals surface area contributed by atoms with Crippen molar-refractivity contribution in [1.82, 2.24) is 9.97 Å². The number of piperidine rings is 1. The molecule has 5 rings (SSSR count).